The van der Waals surface area contributed by atoms with Crippen LogP contribution in [-0.2, 0) is 9.53 Å². The molecule has 1 rings (SSSR count). The summed E-state index contributed by atoms with van der Waals surface area (Å²) in [5.41, 5.74) is -0.963. The summed E-state index contributed by atoms with van der Waals surface area (Å²) >= 11 is 0. The van der Waals surface area contributed by atoms with Crippen molar-refractivity contribution in [1.82, 2.24) is 4.90 Å². The van der Waals surface area contributed by atoms with Crippen molar-refractivity contribution in [2.75, 3.05) is 0 Å². The second-order valence-electron chi connectivity index (χ2n) is 2.84. The zero-order valence-electron chi connectivity index (χ0n) is 6.77. The average molecular weight is 171 g/mol. The SMILES string of the molecule is CC1(C)OC=C(C=O)N1C(=O)O. The molecular weight excluding hydrogens is 162 g/mol. The Morgan fingerprint density at radius 2 is 2.33 bits per heavy atom. The van der Waals surface area contributed by atoms with Gasteiger partial charge in [0.25, 0.3) is 0 Å². The molecule has 1 N–H and O–H groups in total. The standard InChI is InChI=1S/C7H9NO4/c1-7(2)8(6(10)11)5(3-9)4-12-7/h3-4H,1-2H3,(H,10,11). The summed E-state index contributed by atoms with van der Waals surface area (Å²) in [6.07, 6.45) is 0.389. The Morgan fingerprint density at radius 3 is 2.67 bits per heavy atom. The lowest BCUT2D eigenvalue weighted by Gasteiger charge is -2.27. The number of hydrogen-bond donors (Lipinski definition) is 1. The van der Waals surface area contributed by atoms with Crippen LogP contribution in [0.15, 0.2) is 12.0 Å². The van der Waals surface area contributed by atoms with Gasteiger partial charge >= 0.3 is 6.09 Å². The smallest absolute Gasteiger partial charge is 0.415 e. The van der Waals surface area contributed by atoms with E-state index in [1.54, 1.807) is 13.8 Å². The minimum atomic E-state index is -1.20. The molecule has 0 bridgehead atoms. The summed E-state index contributed by atoms with van der Waals surface area (Å²) in [5, 5.41) is 8.70. The van der Waals surface area contributed by atoms with Crippen LogP contribution in [-0.4, -0.2) is 28.1 Å². The molecule has 5 nitrogen and oxygen atoms in total. The molecule has 1 aliphatic heterocycles. The fraction of sp³-hybridized carbons (Fsp3) is 0.429. The van der Waals surface area contributed by atoms with Gasteiger partial charge in [-0.05, 0) is 13.8 Å². The molecule has 0 radical (unpaired) electrons. The first-order valence-electron chi connectivity index (χ1n) is 3.35. The highest BCUT2D eigenvalue weighted by atomic mass is 16.5. The molecule has 0 aromatic rings. The van der Waals surface area contributed by atoms with Gasteiger partial charge in [0.2, 0.25) is 0 Å². The molecule has 0 atom stereocenters. The largest absolute Gasteiger partial charge is 0.473 e. The van der Waals surface area contributed by atoms with Gasteiger partial charge in [0, 0.05) is 0 Å². The van der Waals surface area contributed by atoms with Gasteiger partial charge in [-0.3, -0.25) is 4.79 Å². The molecule has 0 fully saturated rings. The quantitative estimate of drug-likeness (QED) is 0.592. The van der Waals surface area contributed by atoms with Crippen molar-refractivity contribution in [3.8, 4) is 0 Å². The lowest BCUT2D eigenvalue weighted by molar-refractivity contribution is -0.107. The lowest BCUT2D eigenvalue weighted by atomic mass is 10.2. The Bertz CT molecular complexity index is 256. The predicted molar refractivity (Wildman–Crippen MR) is 39.2 cm³/mol. The number of hydrogen-bond acceptors (Lipinski definition) is 3. The molecule has 0 saturated carbocycles. The van der Waals surface area contributed by atoms with Gasteiger partial charge in [0.05, 0.1) is 0 Å². The monoisotopic (exact) mass is 171 g/mol. The number of rotatable bonds is 1. The number of amides is 1. The maximum Gasteiger partial charge on any atom is 0.415 e. The number of aldehydes is 1. The molecule has 12 heavy (non-hydrogen) atoms. The predicted octanol–water partition coefficient (Wildman–Crippen LogP) is 0.773. The zero-order chi connectivity index (χ0) is 9.35. The molecule has 5 heteroatoms. The highest BCUT2D eigenvalue weighted by Crippen LogP contribution is 2.27. The molecule has 1 amide bonds. The Hall–Kier alpha value is -1.52. The van der Waals surface area contributed by atoms with Crippen molar-refractivity contribution in [2.45, 2.75) is 19.6 Å². The lowest BCUT2D eigenvalue weighted by Crippen LogP contribution is -2.43. The summed E-state index contributed by atoms with van der Waals surface area (Å²) in [7, 11) is 0. The molecule has 0 spiro atoms. The van der Waals surface area contributed by atoms with E-state index in [0.717, 1.165) is 11.2 Å². The molecule has 1 heterocycles. The van der Waals surface area contributed by atoms with E-state index < -0.39 is 11.8 Å². The summed E-state index contributed by atoms with van der Waals surface area (Å²) in [6, 6.07) is 0. The van der Waals surface area contributed by atoms with E-state index in [9.17, 15) is 9.59 Å². The van der Waals surface area contributed by atoms with Gasteiger partial charge in [0.15, 0.2) is 12.0 Å². The van der Waals surface area contributed by atoms with Crippen LogP contribution in [0.25, 0.3) is 0 Å². The van der Waals surface area contributed by atoms with Gasteiger partial charge in [-0.15, -0.1) is 0 Å². The molecule has 0 unspecified atom stereocenters. The van der Waals surface area contributed by atoms with Crippen molar-refractivity contribution < 1.29 is 19.4 Å². The fourth-order valence-corrected chi connectivity index (χ4v) is 1.04. The number of carbonyl (C=O) groups is 2. The first kappa shape index (κ1) is 8.58. The molecule has 0 saturated heterocycles. The zero-order valence-corrected chi connectivity index (χ0v) is 6.77. The summed E-state index contributed by atoms with van der Waals surface area (Å²) in [6.45, 7) is 3.13. The molecule has 66 valence electrons. The normalized spacial score (nSPS) is 19.8. The van der Waals surface area contributed by atoms with Gasteiger partial charge in [-0.25, -0.2) is 9.69 Å². The van der Waals surface area contributed by atoms with E-state index in [0.29, 0.717) is 6.29 Å². The minimum absolute atomic E-state index is 0.0208. The van der Waals surface area contributed by atoms with Crippen LogP contribution in [0.2, 0.25) is 0 Å². The first-order valence-corrected chi connectivity index (χ1v) is 3.35. The number of nitrogens with zero attached hydrogens (tertiary/aromatic N) is 1. The number of carbonyl (C=O) groups excluding carboxylic acids is 1. The van der Waals surface area contributed by atoms with E-state index in [4.69, 9.17) is 9.84 Å². The van der Waals surface area contributed by atoms with Crippen molar-refractivity contribution in [3.63, 3.8) is 0 Å². The van der Waals surface area contributed by atoms with Crippen molar-refractivity contribution in [3.05, 3.63) is 12.0 Å². The van der Waals surface area contributed by atoms with Crippen LogP contribution in [0.1, 0.15) is 13.8 Å². The van der Waals surface area contributed by atoms with Gasteiger partial charge in [0.1, 0.15) is 12.0 Å². The van der Waals surface area contributed by atoms with Gasteiger partial charge in [-0.1, -0.05) is 0 Å². The van der Waals surface area contributed by atoms with Crippen LogP contribution in [0, 0.1) is 0 Å². The van der Waals surface area contributed by atoms with E-state index >= 15 is 0 Å². The molecular formula is C7H9NO4. The molecule has 0 aromatic heterocycles. The number of carboxylic acid groups (broad SMARTS) is 1. The summed E-state index contributed by atoms with van der Waals surface area (Å²) in [4.78, 5) is 21.9. The second kappa shape index (κ2) is 2.51. The third kappa shape index (κ3) is 1.13. The first-order chi connectivity index (χ1) is 5.49. The van der Waals surface area contributed by atoms with Crippen LogP contribution >= 0.6 is 0 Å². The molecule has 0 aromatic carbocycles. The highest BCUT2D eigenvalue weighted by Gasteiger charge is 2.39. The summed E-state index contributed by atoms with van der Waals surface area (Å²) < 4.78 is 4.97. The van der Waals surface area contributed by atoms with Crippen LogP contribution in [0.4, 0.5) is 4.79 Å². The molecule has 0 aliphatic carbocycles. The Morgan fingerprint density at radius 1 is 1.75 bits per heavy atom. The Balaban J connectivity index is 2.97. The van der Waals surface area contributed by atoms with Gasteiger partial charge in [-0.2, -0.15) is 0 Å². The van der Waals surface area contributed by atoms with Crippen molar-refractivity contribution in [2.24, 2.45) is 0 Å². The third-order valence-electron chi connectivity index (χ3n) is 1.58. The second-order valence-corrected chi connectivity index (χ2v) is 2.84. The van der Waals surface area contributed by atoms with Gasteiger partial charge < -0.3 is 9.84 Å². The fourth-order valence-electron chi connectivity index (χ4n) is 1.04. The Labute approximate surface area is 69.2 Å². The van der Waals surface area contributed by atoms with E-state index in [2.05, 4.69) is 0 Å². The maximum absolute atomic E-state index is 10.6. The van der Waals surface area contributed by atoms with Crippen molar-refractivity contribution >= 4 is 12.4 Å². The van der Waals surface area contributed by atoms with Crippen molar-refractivity contribution in [1.29, 1.82) is 0 Å². The average Bonchev–Trinajstić information content (AvgIpc) is 2.24. The maximum atomic E-state index is 10.6. The van der Waals surface area contributed by atoms with E-state index in [-0.39, 0.29) is 5.70 Å². The molecule has 1 aliphatic rings. The minimum Gasteiger partial charge on any atom is -0.473 e. The topological polar surface area (TPSA) is 66.8 Å². The van der Waals surface area contributed by atoms with Crippen LogP contribution < -0.4 is 0 Å². The summed E-state index contributed by atoms with van der Waals surface area (Å²) in [5.74, 6) is 0. The number of allylic oxidation sites excluding steroid dienone is 1. The Kier molecular flexibility index (Phi) is 1.79. The number of ether oxygens (including phenoxy) is 1. The van der Waals surface area contributed by atoms with E-state index in [1.165, 1.54) is 0 Å². The third-order valence-corrected chi connectivity index (χ3v) is 1.58. The van der Waals surface area contributed by atoms with Crippen LogP contribution in [0.3, 0.4) is 0 Å². The van der Waals surface area contributed by atoms with E-state index in [1.807, 2.05) is 0 Å². The van der Waals surface area contributed by atoms with Crippen LogP contribution in [0.5, 0.6) is 0 Å². The highest BCUT2D eigenvalue weighted by molar-refractivity contribution is 5.82.